The number of nitrogens with one attached hydrogen (secondary N) is 2. The van der Waals surface area contributed by atoms with Crippen LogP contribution in [0, 0.1) is 5.82 Å². The Bertz CT molecular complexity index is 657. The highest BCUT2D eigenvalue weighted by Gasteiger charge is 2.07. The Balaban J connectivity index is 2.24. The van der Waals surface area contributed by atoms with E-state index in [0.717, 1.165) is 12.1 Å². The van der Waals surface area contributed by atoms with Gasteiger partial charge in [-0.1, -0.05) is 24.6 Å². The van der Waals surface area contributed by atoms with Crippen LogP contribution in [0.15, 0.2) is 29.1 Å². The average molecular weight is 296 g/mol. The molecule has 0 fully saturated rings. The van der Waals surface area contributed by atoms with E-state index >= 15 is 0 Å². The lowest BCUT2D eigenvalue weighted by Gasteiger charge is -2.06. The molecule has 0 aliphatic rings. The van der Waals surface area contributed by atoms with Gasteiger partial charge in [0, 0.05) is 24.1 Å². The zero-order valence-corrected chi connectivity index (χ0v) is 11.8. The molecule has 0 unspecified atom stereocenters. The van der Waals surface area contributed by atoms with Gasteiger partial charge in [0.1, 0.15) is 11.6 Å². The Morgan fingerprint density at radius 3 is 2.90 bits per heavy atom. The molecule has 1 heterocycles. The SMILES string of the molecule is CCNCc1cc(=O)[nH]c(Cc2ccc(F)cc2Cl)n1. The second-order valence-corrected chi connectivity index (χ2v) is 4.78. The molecule has 0 saturated heterocycles. The number of hydrogen-bond donors (Lipinski definition) is 2. The summed E-state index contributed by atoms with van der Waals surface area (Å²) in [5, 5.41) is 3.43. The van der Waals surface area contributed by atoms with E-state index in [1.807, 2.05) is 6.92 Å². The van der Waals surface area contributed by atoms with Crippen LogP contribution in [0.1, 0.15) is 24.0 Å². The van der Waals surface area contributed by atoms with E-state index in [2.05, 4.69) is 15.3 Å². The Hall–Kier alpha value is -1.72. The summed E-state index contributed by atoms with van der Waals surface area (Å²) in [7, 11) is 0. The van der Waals surface area contributed by atoms with Gasteiger partial charge in [0.2, 0.25) is 0 Å². The maximum absolute atomic E-state index is 13.0. The molecule has 2 N–H and O–H groups in total. The fraction of sp³-hybridized carbons (Fsp3) is 0.286. The van der Waals surface area contributed by atoms with Crippen LogP contribution in [0.3, 0.4) is 0 Å². The predicted molar refractivity (Wildman–Crippen MR) is 76.5 cm³/mol. The first-order valence-corrected chi connectivity index (χ1v) is 6.70. The van der Waals surface area contributed by atoms with Crippen LogP contribution in [0.4, 0.5) is 4.39 Å². The van der Waals surface area contributed by atoms with E-state index in [4.69, 9.17) is 11.6 Å². The molecule has 106 valence electrons. The molecule has 0 spiro atoms. The van der Waals surface area contributed by atoms with Crippen molar-refractivity contribution in [2.24, 2.45) is 0 Å². The Kier molecular flexibility index (Phi) is 4.87. The molecule has 0 aliphatic heterocycles. The van der Waals surface area contributed by atoms with E-state index in [-0.39, 0.29) is 11.4 Å². The normalized spacial score (nSPS) is 10.8. The maximum atomic E-state index is 13.0. The van der Waals surface area contributed by atoms with Crippen LogP contribution in [0.5, 0.6) is 0 Å². The van der Waals surface area contributed by atoms with Gasteiger partial charge in [-0.2, -0.15) is 0 Å². The second-order valence-electron chi connectivity index (χ2n) is 4.38. The lowest BCUT2D eigenvalue weighted by atomic mass is 10.1. The lowest BCUT2D eigenvalue weighted by molar-refractivity contribution is 0.627. The summed E-state index contributed by atoms with van der Waals surface area (Å²) in [6.45, 7) is 3.31. The second kappa shape index (κ2) is 6.63. The van der Waals surface area contributed by atoms with Crippen molar-refractivity contribution >= 4 is 11.6 Å². The van der Waals surface area contributed by atoms with E-state index < -0.39 is 0 Å². The molecule has 20 heavy (non-hydrogen) atoms. The molecule has 4 nitrogen and oxygen atoms in total. The summed E-state index contributed by atoms with van der Waals surface area (Å²) in [5.74, 6) is 0.125. The molecule has 2 rings (SSSR count). The summed E-state index contributed by atoms with van der Waals surface area (Å²) >= 11 is 5.97. The zero-order valence-electron chi connectivity index (χ0n) is 11.0. The predicted octanol–water partition coefficient (Wildman–Crippen LogP) is 2.26. The quantitative estimate of drug-likeness (QED) is 0.889. The standard InChI is InChI=1S/C14H15ClFN3O/c1-2-17-8-11-7-14(20)19-13(18-11)5-9-3-4-10(16)6-12(9)15/h3-4,6-7,17H,2,5,8H2,1H3,(H,18,19,20). The minimum Gasteiger partial charge on any atom is -0.311 e. The minimum absolute atomic E-state index is 0.207. The van der Waals surface area contributed by atoms with Crippen molar-refractivity contribution in [1.82, 2.24) is 15.3 Å². The molecule has 1 aromatic carbocycles. The minimum atomic E-state index is -0.388. The molecule has 6 heteroatoms. The van der Waals surface area contributed by atoms with Crippen LogP contribution >= 0.6 is 11.6 Å². The molecular formula is C14H15ClFN3O. The molecule has 0 amide bonds. The maximum Gasteiger partial charge on any atom is 0.251 e. The first kappa shape index (κ1) is 14.7. The third-order valence-corrected chi connectivity index (χ3v) is 3.12. The van der Waals surface area contributed by atoms with Crippen LogP contribution in [0.2, 0.25) is 5.02 Å². The summed E-state index contributed by atoms with van der Waals surface area (Å²) in [6, 6.07) is 5.63. The molecule has 0 bridgehead atoms. The summed E-state index contributed by atoms with van der Waals surface area (Å²) in [4.78, 5) is 18.6. The number of rotatable bonds is 5. The summed E-state index contributed by atoms with van der Waals surface area (Å²) in [5.41, 5.74) is 1.18. The van der Waals surface area contributed by atoms with E-state index in [0.29, 0.717) is 29.5 Å². The first-order chi connectivity index (χ1) is 9.58. The molecule has 0 radical (unpaired) electrons. The average Bonchev–Trinajstić information content (AvgIpc) is 2.39. The van der Waals surface area contributed by atoms with E-state index in [9.17, 15) is 9.18 Å². The fourth-order valence-corrected chi connectivity index (χ4v) is 2.07. The topological polar surface area (TPSA) is 57.8 Å². The van der Waals surface area contributed by atoms with Gasteiger partial charge in [0.05, 0.1) is 5.69 Å². The molecule has 0 aliphatic carbocycles. The lowest BCUT2D eigenvalue weighted by Crippen LogP contribution is -2.18. The van der Waals surface area contributed by atoms with Crippen LogP contribution in [-0.4, -0.2) is 16.5 Å². The number of aromatic nitrogens is 2. The summed E-state index contributed by atoms with van der Waals surface area (Å²) in [6.07, 6.45) is 0.355. The van der Waals surface area contributed by atoms with Crippen molar-refractivity contribution in [3.05, 3.63) is 62.5 Å². The van der Waals surface area contributed by atoms with Crippen LogP contribution in [0.25, 0.3) is 0 Å². The van der Waals surface area contributed by atoms with Crippen molar-refractivity contribution in [2.75, 3.05) is 6.54 Å². The number of nitrogens with zero attached hydrogens (tertiary/aromatic N) is 1. The van der Waals surface area contributed by atoms with Gasteiger partial charge in [-0.15, -0.1) is 0 Å². The van der Waals surface area contributed by atoms with Crippen molar-refractivity contribution < 1.29 is 4.39 Å². The smallest absolute Gasteiger partial charge is 0.251 e. The first-order valence-electron chi connectivity index (χ1n) is 6.32. The zero-order chi connectivity index (χ0) is 14.5. The van der Waals surface area contributed by atoms with Gasteiger partial charge in [0.15, 0.2) is 0 Å². The third kappa shape index (κ3) is 3.88. The van der Waals surface area contributed by atoms with Gasteiger partial charge in [0.25, 0.3) is 5.56 Å². The Morgan fingerprint density at radius 1 is 1.40 bits per heavy atom. The van der Waals surface area contributed by atoms with Crippen molar-refractivity contribution in [3.8, 4) is 0 Å². The van der Waals surface area contributed by atoms with Gasteiger partial charge in [-0.3, -0.25) is 4.79 Å². The van der Waals surface area contributed by atoms with Crippen molar-refractivity contribution in [3.63, 3.8) is 0 Å². The highest BCUT2D eigenvalue weighted by Crippen LogP contribution is 2.19. The highest BCUT2D eigenvalue weighted by atomic mass is 35.5. The monoisotopic (exact) mass is 295 g/mol. The van der Waals surface area contributed by atoms with Crippen LogP contribution in [-0.2, 0) is 13.0 Å². The van der Waals surface area contributed by atoms with E-state index in [1.54, 1.807) is 6.07 Å². The molecule has 1 aromatic heterocycles. The van der Waals surface area contributed by atoms with Gasteiger partial charge < -0.3 is 10.3 Å². The highest BCUT2D eigenvalue weighted by molar-refractivity contribution is 6.31. The van der Waals surface area contributed by atoms with Gasteiger partial charge in [-0.05, 0) is 24.2 Å². The molecular weight excluding hydrogens is 281 g/mol. The number of benzene rings is 1. The molecule has 0 saturated carbocycles. The number of H-pyrrole nitrogens is 1. The largest absolute Gasteiger partial charge is 0.311 e. The van der Waals surface area contributed by atoms with Crippen molar-refractivity contribution in [2.45, 2.75) is 19.9 Å². The van der Waals surface area contributed by atoms with Gasteiger partial charge in [-0.25, -0.2) is 9.37 Å². The third-order valence-electron chi connectivity index (χ3n) is 2.77. The van der Waals surface area contributed by atoms with E-state index in [1.165, 1.54) is 18.2 Å². The number of halogens is 2. The molecule has 2 aromatic rings. The number of hydrogen-bond acceptors (Lipinski definition) is 3. The molecule has 0 atom stereocenters. The number of aromatic amines is 1. The summed E-state index contributed by atoms with van der Waals surface area (Å²) < 4.78 is 13.0. The Labute approximate surface area is 121 Å². The van der Waals surface area contributed by atoms with Crippen LogP contribution < -0.4 is 10.9 Å². The fourth-order valence-electron chi connectivity index (χ4n) is 1.84. The Morgan fingerprint density at radius 2 is 2.20 bits per heavy atom. The van der Waals surface area contributed by atoms with Crippen molar-refractivity contribution in [1.29, 1.82) is 0 Å². The van der Waals surface area contributed by atoms with Gasteiger partial charge >= 0.3 is 0 Å².